The number of hydrazine groups is 1. The van der Waals surface area contributed by atoms with E-state index in [0.29, 0.717) is 39.3 Å². The van der Waals surface area contributed by atoms with Gasteiger partial charge in [0.25, 0.3) is 4.27 Å². The van der Waals surface area contributed by atoms with Gasteiger partial charge < -0.3 is 5.32 Å². The van der Waals surface area contributed by atoms with E-state index < -0.39 is 10.2 Å². The SMILES string of the molecule is O=[N+](N1CCSCC1)S(=O)(=O)N1CCNCC1. The standard InChI is InChI=1S/C8H17N4O3S2/c13-12(10-5-7-16-8-6-10)17(14,15)11-3-1-9-2-4-11/h9H,1-8H2/q+1. The maximum Gasteiger partial charge on any atom is 0.516 e. The van der Waals surface area contributed by atoms with Gasteiger partial charge in [0.2, 0.25) is 0 Å². The van der Waals surface area contributed by atoms with Gasteiger partial charge >= 0.3 is 10.2 Å². The Hall–Kier alpha value is -0.380. The Morgan fingerprint density at radius 1 is 1.06 bits per heavy atom. The fourth-order valence-corrected chi connectivity index (χ4v) is 4.02. The second kappa shape index (κ2) is 5.51. The number of piperazine rings is 1. The van der Waals surface area contributed by atoms with Gasteiger partial charge in [-0.05, 0) is 0 Å². The molecule has 0 aromatic carbocycles. The maximum atomic E-state index is 12.0. The van der Waals surface area contributed by atoms with Crippen molar-refractivity contribution in [3.05, 3.63) is 4.91 Å². The lowest BCUT2D eigenvalue weighted by atomic mass is 10.4. The van der Waals surface area contributed by atoms with Crippen molar-refractivity contribution in [3.8, 4) is 0 Å². The summed E-state index contributed by atoms with van der Waals surface area (Å²) in [4.78, 5) is 11.9. The van der Waals surface area contributed by atoms with Crippen molar-refractivity contribution in [1.82, 2.24) is 14.6 Å². The first-order valence-electron chi connectivity index (χ1n) is 5.63. The third-order valence-corrected chi connectivity index (χ3v) is 5.40. The summed E-state index contributed by atoms with van der Waals surface area (Å²) in [6.45, 7) is 2.93. The molecule has 7 nitrogen and oxygen atoms in total. The van der Waals surface area contributed by atoms with E-state index in [0.717, 1.165) is 11.5 Å². The van der Waals surface area contributed by atoms with Gasteiger partial charge in [-0.3, -0.25) is 0 Å². The molecule has 0 bridgehead atoms. The van der Waals surface area contributed by atoms with Gasteiger partial charge in [0.15, 0.2) is 0 Å². The molecular weight excluding hydrogens is 264 g/mol. The molecule has 0 atom stereocenters. The van der Waals surface area contributed by atoms with Crippen LogP contribution in [0.15, 0.2) is 0 Å². The van der Waals surface area contributed by atoms with Crippen molar-refractivity contribution in [2.45, 2.75) is 0 Å². The second-order valence-corrected chi connectivity index (χ2v) is 6.88. The molecule has 2 saturated heterocycles. The topological polar surface area (TPSA) is 72.7 Å². The van der Waals surface area contributed by atoms with E-state index in [2.05, 4.69) is 5.32 Å². The van der Waals surface area contributed by atoms with Gasteiger partial charge in [-0.1, -0.05) is 0 Å². The van der Waals surface area contributed by atoms with Crippen molar-refractivity contribution in [2.75, 3.05) is 50.8 Å². The summed E-state index contributed by atoms with van der Waals surface area (Å²) in [6.07, 6.45) is 0. The Kier molecular flexibility index (Phi) is 4.23. The Morgan fingerprint density at radius 3 is 2.24 bits per heavy atom. The summed E-state index contributed by atoms with van der Waals surface area (Å²) >= 11 is 1.74. The average molecular weight is 281 g/mol. The van der Waals surface area contributed by atoms with E-state index in [1.54, 1.807) is 11.8 Å². The number of nitroso groups, excluding NO2 is 1. The van der Waals surface area contributed by atoms with Crippen LogP contribution in [0.5, 0.6) is 0 Å². The van der Waals surface area contributed by atoms with Crippen LogP contribution < -0.4 is 5.32 Å². The maximum absolute atomic E-state index is 12.0. The van der Waals surface area contributed by atoms with E-state index in [1.807, 2.05) is 0 Å². The van der Waals surface area contributed by atoms with Crippen LogP contribution in [0, 0.1) is 4.91 Å². The van der Waals surface area contributed by atoms with Gasteiger partial charge in [0, 0.05) is 37.7 Å². The molecule has 2 aliphatic heterocycles. The lowest BCUT2D eigenvalue weighted by molar-refractivity contribution is -0.584. The number of nitrogens with zero attached hydrogens (tertiary/aromatic N) is 3. The average Bonchev–Trinajstić information content (AvgIpc) is 2.40. The number of hydrogen-bond donors (Lipinski definition) is 1. The Bertz CT molecular complexity index is 374. The fourth-order valence-electron chi connectivity index (χ4n) is 1.84. The van der Waals surface area contributed by atoms with E-state index in [4.69, 9.17) is 0 Å². The van der Waals surface area contributed by atoms with Crippen molar-refractivity contribution in [3.63, 3.8) is 0 Å². The molecule has 98 valence electrons. The molecular formula is C8H17N4O3S2+. The zero-order chi connectivity index (χ0) is 12.3. The lowest BCUT2D eigenvalue weighted by Gasteiger charge is -2.24. The van der Waals surface area contributed by atoms with Crippen molar-refractivity contribution >= 4 is 22.0 Å². The predicted octanol–water partition coefficient (Wildman–Crippen LogP) is -1.12. The summed E-state index contributed by atoms with van der Waals surface area (Å²) in [7, 11) is -3.87. The van der Waals surface area contributed by atoms with Gasteiger partial charge in [0.05, 0.1) is 18.0 Å². The molecule has 1 N–H and O–H groups in total. The summed E-state index contributed by atoms with van der Waals surface area (Å²) in [5.74, 6) is 1.60. The molecule has 9 heteroatoms. The molecule has 0 amide bonds. The van der Waals surface area contributed by atoms with Crippen LogP contribution in [0.3, 0.4) is 0 Å². The van der Waals surface area contributed by atoms with Crippen molar-refractivity contribution in [1.29, 1.82) is 0 Å². The zero-order valence-corrected chi connectivity index (χ0v) is 11.2. The van der Waals surface area contributed by atoms with Gasteiger partial charge in [-0.25, -0.2) is 0 Å². The zero-order valence-electron chi connectivity index (χ0n) is 9.54. The third-order valence-electron chi connectivity index (χ3n) is 2.82. The molecule has 0 aliphatic carbocycles. The molecule has 0 saturated carbocycles. The van der Waals surface area contributed by atoms with Crippen LogP contribution in [0.25, 0.3) is 0 Å². The highest BCUT2D eigenvalue weighted by Crippen LogP contribution is 2.13. The minimum Gasteiger partial charge on any atom is -0.314 e. The quantitative estimate of drug-likeness (QED) is 0.661. The molecule has 2 heterocycles. The first-order valence-corrected chi connectivity index (χ1v) is 8.18. The van der Waals surface area contributed by atoms with Crippen LogP contribution in [-0.2, 0) is 10.2 Å². The molecule has 0 aromatic heterocycles. The van der Waals surface area contributed by atoms with Gasteiger partial charge in [-0.2, -0.15) is 11.8 Å². The first kappa shape index (κ1) is 13.1. The third kappa shape index (κ3) is 2.90. The molecule has 0 radical (unpaired) electrons. The smallest absolute Gasteiger partial charge is 0.314 e. The minimum absolute atomic E-state index is 0.179. The number of thioether (sulfide) groups is 1. The van der Waals surface area contributed by atoms with Gasteiger partial charge in [0.1, 0.15) is 0 Å². The predicted molar refractivity (Wildman–Crippen MR) is 65.9 cm³/mol. The second-order valence-electron chi connectivity index (χ2n) is 3.93. The summed E-state index contributed by atoms with van der Waals surface area (Å²) < 4.78 is 25.5. The summed E-state index contributed by atoms with van der Waals surface area (Å²) in [5.41, 5.74) is 0. The highest BCUT2D eigenvalue weighted by atomic mass is 32.2. The Labute approximate surface area is 105 Å². The highest BCUT2D eigenvalue weighted by Gasteiger charge is 2.43. The minimum atomic E-state index is -3.87. The van der Waals surface area contributed by atoms with Crippen LogP contribution in [0.2, 0.25) is 0 Å². The summed E-state index contributed by atoms with van der Waals surface area (Å²) in [6, 6.07) is 0. The molecule has 0 unspecified atom stereocenters. The van der Waals surface area contributed by atoms with E-state index in [1.165, 1.54) is 9.31 Å². The first-order chi connectivity index (χ1) is 8.12. The summed E-state index contributed by atoms with van der Waals surface area (Å²) in [5, 5.41) is 4.43. The van der Waals surface area contributed by atoms with Crippen LogP contribution >= 0.6 is 11.8 Å². The normalized spacial score (nSPS) is 23.6. The fraction of sp³-hybridized carbons (Fsp3) is 1.00. The van der Waals surface area contributed by atoms with Crippen LogP contribution in [0.1, 0.15) is 0 Å². The number of rotatable bonds is 3. The number of hydrogen-bond acceptors (Lipinski definition) is 5. The molecule has 2 aliphatic rings. The monoisotopic (exact) mass is 281 g/mol. The van der Waals surface area contributed by atoms with E-state index >= 15 is 0 Å². The van der Waals surface area contributed by atoms with Crippen molar-refractivity contribution < 1.29 is 12.7 Å². The Morgan fingerprint density at radius 2 is 1.65 bits per heavy atom. The van der Waals surface area contributed by atoms with Crippen LogP contribution in [0.4, 0.5) is 0 Å². The largest absolute Gasteiger partial charge is 0.516 e. The Balaban J connectivity index is 2.05. The number of nitrogens with one attached hydrogen (secondary N) is 1. The van der Waals surface area contributed by atoms with Gasteiger partial charge in [-0.15, -0.1) is 17.7 Å². The van der Waals surface area contributed by atoms with Crippen molar-refractivity contribution in [2.24, 2.45) is 0 Å². The van der Waals surface area contributed by atoms with E-state index in [9.17, 15) is 13.3 Å². The lowest BCUT2D eigenvalue weighted by Crippen LogP contribution is -2.53. The highest BCUT2D eigenvalue weighted by molar-refractivity contribution is 7.99. The van der Waals surface area contributed by atoms with Crippen LogP contribution in [-0.4, -0.2) is 72.8 Å². The molecule has 17 heavy (non-hydrogen) atoms. The molecule has 0 aromatic rings. The molecule has 0 spiro atoms. The molecule has 2 rings (SSSR count). The van der Waals surface area contributed by atoms with E-state index in [-0.39, 0.29) is 4.27 Å². The molecule has 2 fully saturated rings.